The summed E-state index contributed by atoms with van der Waals surface area (Å²) in [7, 11) is 0. The van der Waals surface area contributed by atoms with Crippen LogP contribution < -0.4 is 5.32 Å². The highest BCUT2D eigenvalue weighted by Gasteiger charge is 2.11. The highest BCUT2D eigenvalue weighted by Crippen LogP contribution is 2.12. The lowest BCUT2D eigenvalue weighted by Crippen LogP contribution is -2.23. The fourth-order valence-electron chi connectivity index (χ4n) is 1.16. The molecule has 0 saturated carbocycles. The summed E-state index contributed by atoms with van der Waals surface area (Å²) >= 11 is 3.47. The first-order chi connectivity index (χ1) is 7.49. The van der Waals surface area contributed by atoms with Gasteiger partial charge in [0, 0.05) is 29.5 Å². The van der Waals surface area contributed by atoms with E-state index in [0.29, 0.717) is 0 Å². The van der Waals surface area contributed by atoms with E-state index < -0.39 is 5.60 Å². The molecule has 5 heteroatoms. The van der Waals surface area contributed by atoms with Gasteiger partial charge in [-0.2, -0.15) is 11.8 Å². The number of aryl methyl sites for hydroxylation is 1. The van der Waals surface area contributed by atoms with Gasteiger partial charge in [-0.15, -0.1) is 11.3 Å². The predicted octanol–water partition coefficient (Wildman–Crippen LogP) is 2.05. The zero-order valence-electron chi connectivity index (χ0n) is 10.1. The number of hydrogen-bond acceptors (Lipinski definition) is 5. The Hall–Kier alpha value is -0.100. The van der Waals surface area contributed by atoms with Crippen LogP contribution in [0.5, 0.6) is 0 Å². The molecule has 0 atom stereocenters. The number of aromatic nitrogens is 1. The van der Waals surface area contributed by atoms with Crippen molar-refractivity contribution in [3.63, 3.8) is 0 Å². The molecular formula is C11H20N2OS2. The van der Waals surface area contributed by atoms with Crippen molar-refractivity contribution in [2.24, 2.45) is 0 Å². The molecule has 0 unspecified atom stereocenters. The molecule has 1 heterocycles. The molecule has 0 aliphatic carbocycles. The van der Waals surface area contributed by atoms with Crippen LogP contribution in [-0.4, -0.2) is 33.7 Å². The molecule has 1 aromatic heterocycles. The number of aliphatic hydroxyl groups is 1. The smallest absolute Gasteiger partial charge is 0.0798 e. The number of thiazole rings is 1. The highest BCUT2D eigenvalue weighted by atomic mass is 32.2. The van der Waals surface area contributed by atoms with Crippen molar-refractivity contribution in [1.29, 1.82) is 0 Å². The molecule has 0 aliphatic rings. The van der Waals surface area contributed by atoms with Gasteiger partial charge in [0.2, 0.25) is 0 Å². The van der Waals surface area contributed by atoms with E-state index in [1.807, 2.05) is 26.3 Å². The molecule has 0 spiro atoms. The summed E-state index contributed by atoms with van der Waals surface area (Å²) in [5.41, 5.74) is 2.45. The summed E-state index contributed by atoms with van der Waals surface area (Å²) in [4.78, 5) is 5.52. The van der Waals surface area contributed by atoms with Gasteiger partial charge in [0.05, 0.1) is 16.8 Å². The van der Waals surface area contributed by atoms with Gasteiger partial charge in [-0.25, -0.2) is 4.98 Å². The number of rotatable bonds is 7. The highest BCUT2D eigenvalue weighted by molar-refractivity contribution is 7.99. The van der Waals surface area contributed by atoms with Crippen LogP contribution in [0, 0.1) is 6.92 Å². The first-order valence-corrected chi connectivity index (χ1v) is 7.42. The van der Waals surface area contributed by atoms with Crippen molar-refractivity contribution in [3.8, 4) is 0 Å². The maximum absolute atomic E-state index is 9.51. The quantitative estimate of drug-likeness (QED) is 0.737. The third kappa shape index (κ3) is 5.84. The SMILES string of the molecule is Cc1ncsc1CNCCSCC(C)(C)O. The minimum Gasteiger partial charge on any atom is -0.390 e. The van der Waals surface area contributed by atoms with E-state index in [4.69, 9.17) is 0 Å². The monoisotopic (exact) mass is 260 g/mol. The van der Waals surface area contributed by atoms with Crippen molar-refractivity contribution in [3.05, 3.63) is 16.1 Å². The molecule has 2 N–H and O–H groups in total. The molecule has 0 aliphatic heterocycles. The molecule has 0 aromatic carbocycles. The minimum atomic E-state index is -0.557. The average Bonchev–Trinajstić information content (AvgIpc) is 2.56. The predicted molar refractivity (Wildman–Crippen MR) is 72.2 cm³/mol. The van der Waals surface area contributed by atoms with Crippen molar-refractivity contribution < 1.29 is 5.11 Å². The molecule has 1 aromatic rings. The van der Waals surface area contributed by atoms with Gasteiger partial charge < -0.3 is 10.4 Å². The van der Waals surface area contributed by atoms with E-state index >= 15 is 0 Å². The van der Waals surface area contributed by atoms with E-state index in [1.54, 1.807) is 23.1 Å². The zero-order chi connectivity index (χ0) is 12.0. The van der Waals surface area contributed by atoms with Crippen LogP contribution in [0.1, 0.15) is 24.4 Å². The molecule has 0 bridgehead atoms. The third-order valence-corrected chi connectivity index (χ3v) is 4.35. The number of hydrogen-bond donors (Lipinski definition) is 2. The van der Waals surface area contributed by atoms with Crippen LogP contribution in [-0.2, 0) is 6.54 Å². The maximum atomic E-state index is 9.51. The van der Waals surface area contributed by atoms with E-state index in [0.717, 1.165) is 30.3 Å². The summed E-state index contributed by atoms with van der Waals surface area (Å²) < 4.78 is 0. The summed E-state index contributed by atoms with van der Waals surface area (Å²) in [6.07, 6.45) is 0. The normalized spacial score (nSPS) is 12.0. The average molecular weight is 260 g/mol. The van der Waals surface area contributed by atoms with Crippen molar-refractivity contribution in [2.75, 3.05) is 18.1 Å². The first-order valence-electron chi connectivity index (χ1n) is 5.39. The summed E-state index contributed by atoms with van der Waals surface area (Å²) in [6.45, 7) is 7.59. The number of thioether (sulfide) groups is 1. The summed E-state index contributed by atoms with van der Waals surface area (Å²) in [5, 5.41) is 12.9. The topological polar surface area (TPSA) is 45.2 Å². The van der Waals surface area contributed by atoms with Gasteiger partial charge in [-0.1, -0.05) is 0 Å². The molecule has 3 nitrogen and oxygen atoms in total. The van der Waals surface area contributed by atoms with Crippen molar-refractivity contribution >= 4 is 23.1 Å². The third-order valence-electron chi connectivity index (χ3n) is 2.01. The van der Waals surface area contributed by atoms with Gasteiger partial charge in [0.15, 0.2) is 0 Å². The Labute approximate surface area is 106 Å². The molecule has 1 rings (SSSR count). The van der Waals surface area contributed by atoms with Crippen LogP contribution in [0.4, 0.5) is 0 Å². The Morgan fingerprint density at radius 2 is 2.31 bits per heavy atom. The van der Waals surface area contributed by atoms with Gasteiger partial charge in [-0.3, -0.25) is 0 Å². The fourth-order valence-corrected chi connectivity index (χ4v) is 2.84. The standard InChI is InChI=1S/C11H20N2OS2/c1-9-10(16-8-13-9)6-12-4-5-15-7-11(2,3)14/h8,12,14H,4-7H2,1-3H3. The van der Waals surface area contributed by atoms with E-state index in [-0.39, 0.29) is 0 Å². The van der Waals surface area contributed by atoms with Crippen molar-refractivity contribution in [2.45, 2.75) is 32.9 Å². The van der Waals surface area contributed by atoms with Crippen LogP contribution in [0.3, 0.4) is 0 Å². The van der Waals surface area contributed by atoms with Crippen LogP contribution in [0.2, 0.25) is 0 Å². The first kappa shape index (κ1) is 14.0. The molecule has 0 radical (unpaired) electrons. The van der Waals surface area contributed by atoms with E-state index in [9.17, 15) is 5.11 Å². The Balaban J connectivity index is 2.03. The Morgan fingerprint density at radius 1 is 1.56 bits per heavy atom. The maximum Gasteiger partial charge on any atom is 0.0798 e. The fraction of sp³-hybridized carbons (Fsp3) is 0.727. The van der Waals surface area contributed by atoms with Gasteiger partial charge >= 0.3 is 0 Å². The Morgan fingerprint density at radius 3 is 2.88 bits per heavy atom. The lowest BCUT2D eigenvalue weighted by molar-refractivity contribution is 0.107. The Kier molecular flexibility index (Phi) is 5.75. The van der Waals surface area contributed by atoms with Gasteiger partial charge in [0.1, 0.15) is 0 Å². The largest absolute Gasteiger partial charge is 0.390 e. The molecule has 0 amide bonds. The van der Waals surface area contributed by atoms with Crippen LogP contribution >= 0.6 is 23.1 Å². The van der Waals surface area contributed by atoms with Crippen LogP contribution in [0.15, 0.2) is 5.51 Å². The summed E-state index contributed by atoms with van der Waals surface area (Å²) in [6, 6.07) is 0. The lowest BCUT2D eigenvalue weighted by Gasteiger charge is -2.16. The molecular weight excluding hydrogens is 240 g/mol. The molecule has 0 fully saturated rings. The second-order valence-corrected chi connectivity index (χ2v) is 6.45. The number of nitrogens with one attached hydrogen (secondary N) is 1. The number of nitrogens with zero attached hydrogens (tertiary/aromatic N) is 1. The van der Waals surface area contributed by atoms with Crippen LogP contribution in [0.25, 0.3) is 0 Å². The van der Waals surface area contributed by atoms with Gasteiger partial charge in [-0.05, 0) is 20.8 Å². The lowest BCUT2D eigenvalue weighted by atomic mass is 10.2. The second-order valence-electron chi connectivity index (χ2n) is 4.40. The molecule has 0 saturated heterocycles. The second kappa shape index (κ2) is 6.59. The summed E-state index contributed by atoms with van der Waals surface area (Å²) in [5.74, 6) is 1.82. The van der Waals surface area contributed by atoms with Gasteiger partial charge in [0.25, 0.3) is 0 Å². The molecule has 92 valence electrons. The zero-order valence-corrected chi connectivity index (χ0v) is 11.7. The minimum absolute atomic E-state index is 0.557. The Bertz CT molecular complexity index is 307. The molecule has 16 heavy (non-hydrogen) atoms. The van der Waals surface area contributed by atoms with E-state index in [1.165, 1.54) is 4.88 Å². The van der Waals surface area contributed by atoms with E-state index in [2.05, 4.69) is 10.3 Å². The van der Waals surface area contributed by atoms with Crippen molar-refractivity contribution in [1.82, 2.24) is 10.3 Å².